The maximum Gasteiger partial charge on any atom is 0.262 e. The second-order valence-corrected chi connectivity index (χ2v) is 5.36. The van der Waals surface area contributed by atoms with Crippen LogP contribution in [0.1, 0.15) is 42.4 Å². The van der Waals surface area contributed by atoms with Crippen LogP contribution in [-0.4, -0.2) is 23.7 Å². The molecule has 1 unspecified atom stereocenters. The molecule has 1 atom stereocenters. The van der Waals surface area contributed by atoms with Gasteiger partial charge in [0, 0.05) is 18.0 Å². The average Bonchev–Trinajstić information content (AvgIpc) is 2.77. The van der Waals surface area contributed by atoms with Crippen LogP contribution in [-0.2, 0) is 0 Å². The first-order valence-corrected chi connectivity index (χ1v) is 6.92. The van der Waals surface area contributed by atoms with E-state index in [-0.39, 0.29) is 18.6 Å². The van der Waals surface area contributed by atoms with Gasteiger partial charge in [0.1, 0.15) is 4.88 Å². The van der Waals surface area contributed by atoms with E-state index in [2.05, 4.69) is 31.0 Å². The molecule has 0 spiro atoms. The molecule has 0 fully saturated rings. The first kappa shape index (κ1) is 14.7. The zero-order chi connectivity index (χ0) is 13.5. The van der Waals surface area contributed by atoms with E-state index in [1.165, 1.54) is 11.3 Å². The lowest BCUT2D eigenvalue weighted by Crippen LogP contribution is -2.35. The highest BCUT2D eigenvalue weighted by Gasteiger charge is 2.15. The van der Waals surface area contributed by atoms with Gasteiger partial charge in [-0.1, -0.05) is 25.7 Å². The van der Waals surface area contributed by atoms with Gasteiger partial charge in [0.05, 0.1) is 6.61 Å². The van der Waals surface area contributed by atoms with Crippen LogP contribution in [0.3, 0.4) is 0 Å². The number of amides is 1. The summed E-state index contributed by atoms with van der Waals surface area (Å²) >= 11 is 1.39. The van der Waals surface area contributed by atoms with Crippen molar-refractivity contribution in [2.75, 3.05) is 6.61 Å². The molecule has 0 aliphatic heterocycles. The number of carbonyl (C=O) groups excluding carboxylic acids is 1. The summed E-state index contributed by atoms with van der Waals surface area (Å²) in [7, 11) is 0. The summed E-state index contributed by atoms with van der Waals surface area (Å²) in [6, 6.07) is 1.97. The molecule has 0 aromatic carbocycles. The number of nitrogens with one attached hydrogen (secondary N) is 1. The summed E-state index contributed by atoms with van der Waals surface area (Å²) in [5.74, 6) is 6.08. The Bertz CT molecular complexity index is 454. The number of carbonyl (C=O) groups is 1. The lowest BCUT2D eigenvalue weighted by molar-refractivity contribution is 0.0934. The maximum atomic E-state index is 12.1. The Morgan fingerprint density at radius 3 is 2.83 bits per heavy atom. The third kappa shape index (κ3) is 4.17. The smallest absolute Gasteiger partial charge is 0.262 e. The molecule has 98 valence electrons. The number of rotatable bonds is 4. The van der Waals surface area contributed by atoms with Crippen LogP contribution in [0.2, 0.25) is 0 Å². The van der Waals surface area contributed by atoms with Crippen LogP contribution in [0.15, 0.2) is 11.4 Å². The Labute approximate surface area is 112 Å². The Morgan fingerprint density at radius 2 is 2.22 bits per heavy atom. The highest BCUT2D eigenvalue weighted by molar-refractivity contribution is 7.12. The molecule has 1 aromatic rings. The van der Waals surface area contributed by atoms with Gasteiger partial charge < -0.3 is 10.4 Å². The molecule has 1 rings (SSSR count). The largest absolute Gasteiger partial charge is 0.395 e. The number of hydrogen-bond donors (Lipinski definition) is 2. The molecular weight excluding hydrogens is 246 g/mol. The Balaban J connectivity index is 2.76. The van der Waals surface area contributed by atoms with Crippen molar-refractivity contribution in [3.63, 3.8) is 0 Å². The lowest BCUT2D eigenvalue weighted by Gasteiger charge is -2.16. The first-order valence-electron chi connectivity index (χ1n) is 6.04. The molecule has 2 N–H and O–H groups in total. The van der Waals surface area contributed by atoms with E-state index in [1.807, 2.05) is 18.4 Å². The Kier molecular flexibility index (Phi) is 5.90. The van der Waals surface area contributed by atoms with Gasteiger partial charge in [-0.3, -0.25) is 4.79 Å². The summed E-state index contributed by atoms with van der Waals surface area (Å²) in [6.07, 6.45) is 0.430. The predicted molar refractivity (Wildman–Crippen MR) is 74.7 cm³/mol. The van der Waals surface area contributed by atoms with Gasteiger partial charge in [-0.2, -0.15) is 0 Å². The van der Waals surface area contributed by atoms with Crippen LogP contribution >= 0.6 is 11.3 Å². The molecule has 0 aliphatic rings. The maximum absolute atomic E-state index is 12.1. The summed E-state index contributed by atoms with van der Waals surface area (Å²) in [6.45, 7) is 6.18. The quantitative estimate of drug-likeness (QED) is 0.820. The molecule has 3 nitrogen and oxygen atoms in total. The summed E-state index contributed by atoms with van der Waals surface area (Å²) in [4.78, 5) is 12.7. The van der Waals surface area contributed by atoms with E-state index in [0.717, 1.165) is 5.56 Å². The molecule has 0 saturated carbocycles. The minimum Gasteiger partial charge on any atom is -0.395 e. The van der Waals surface area contributed by atoms with Crippen molar-refractivity contribution < 1.29 is 9.90 Å². The highest BCUT2D eigenvalue weighted by Crippen LogP contribution is 2.16. The van der Waals surface area contributed by atoms with E-state index < -0.39 is 0 Å². The van der Waals surface area contributed by atoms with Crippen LogP contribution in [0.4, 0.5) is 0 Å². The van der Waals surface area contributed by atoms with Crippen molar-refractivity contribution in [2.45, 2.75) is 33.2 Å². The summed E-state index contributed by atoms with van der Waals surface area (Å²) < 4.78 is 0. The van der Waals surface area contributed by atoms with E-state index in [0.29, 0.717) is 17.2 Å². The van der Waals surface area contributed by atoms with Crippen molar-refractivity contribution in [3.8, 4) is 11.8 Å². The van der Waals surface area contributed by atoms with E-state index in [4.69, 9.17) is 5.11 Å². The van der Waals surface area contributed by atoms with Crippen molar-refractivity contribution in [1.82, 2.24) is 5.32 Å². The van der Waals surface area contributed by atoms with E-state index in [1.54, 1.807) is 0 Å². The van der Waals surface area contributed by atoms with Gasteiger partial charge in [0.15, 0.2) is 0 Å². The normalized spacial score (nSPS) is 11.8. The zero-order valence-electron chi connectivity index (χ0n) is 11.0. The van der Waals surface area contributed by atoms with Gasteiger partial charge in [-0.25, -0.2) is 0 Å². The van der Waals surface area contributed by atoms with Gasteiger partial charge in [-0.15, -0.1) is 11.3 Å². The number of aliphatic hydroxyl groups is 1. The number of thiophene rings is 1. The topological polar surface area (TPSA) is 49.3 Å². The fourth-order valence-electron chi connectivity index (χ4n) is 1.24. The van der Waals surface area contributed by atoms with Crippen molar-refractivity contribution in [1.29, 1.82) is 0 Å². The third-order valence-electron chi connectivity index (χ3n) is 2.69. The number of aliphatic hydroxyl groups excluding tert-OH is 1. The average molecular weight is 265 g/mol. The monoisotopic (exact) mass is 265 g/mol. The molecule has 0 aliphatic carbocycles. The second-order valence-electron chi connectivity index (χ2n) is 4.44. The van der Waals surface area contributed by atoms with Crippen molar-refractivity contribution in [2.24, 2.45) is 5.92 Å². The van der Waals surface area contributed by atoms with Gasteiger partial charge in [0.25, 0.3) is 5.91 Å². The predicted octanol–water partition coefficient (Wildman–Crippen LogP) is 2.26. The molecule has 0 radical (unpaired) electrons. The SMILES string of the molecule is CC(C)C(C)NC(=O)c1sccc1C#CCCO. The molecule has 1 heterocycles. The van der Waals surface area contributed by atoms with Crippen molar-refractivity contribution in [3.05, 3.63) is 21.9 Å². The van der Waals surface area contributed by atoms with Gasteiger partial charge >= 0.3 is 0 Å². The first-order chi connectivity index (χ1) is 8.56. The van der Waals surface area contributed by atoms with Gasteiger partial charge in [0.2, 0.25) is 0 Å². The van der Waals surface area contributed by atoms with E-state index in [9.17, 15) is 4.79 Å². The van der Waals surface area contributed by atoms with E-state index >= 15 is 0 Å². The third-order valence-corrected chi connectivity index (χ3v) is 3.60. The Hall–Kier alpha value is -1.31. The minimum absolute atomic E-state index is 0.0447. The molecular formula is C14H19NO2S. The zero-order valence-corrected chi connectivity index (χ0v) is 11.8. The molecule has 4 heteroatoms. The minimum atomic E-state index is -0.0699. The standard InChI is InChI=1S/C14H19NO2S/c1-10(2)11(3)15-14(17)13-12(7-9-18-13)6-4-5-8-16/h7,9-11,16H,5,8H2,1-3H3,(H,15,17). The molecule has 1 aromatic heterocycles. The van der Waals surface area contributed by atoms with Crippen LogP contribution < -0.4 is 5.32 Å². The second kappa shape index (κ2) is 7.20. The lowest BCUT2D eigenvalue weighted by atomic mass is 10.1. The fraction of sp³-hybridized carbons (Fsp3) is 0.500. The van der Waals surface area contributed by atoms with Gasteiger partial charge in [-0.05, 0) is 24.3 Å². The van der Waals surface area contributed by atoms with Crippen LogP contribution in [0.5, 0.6) is 0 Å². The van der Waals surface area contributed by atoms with Crippen LogP contribution in [0, 0.1) is 17.8 Å². The Morgan fingerprint density at radius 1 is 1.50 bits per heavy atom. The van der Waals surface area contributed by atoms with Crippen molar-refractivity contribution >= 4 is 17.2 Å². The molecule has 18 heavy (non-hydrogen) atoms. The summed E-state index contributed by atoms with van der Waals surface area (Å²) in [5.41, 5.74) is 0.738. The molecule has 0 bridgehead atoms. The molecule has 0 saturated heterocycles. The fourth-order valence-corrected chi connectivity index (χ4v) is 1.99. The highest BCUT2D eigenvalue weighted by atomic mass is 32.1. The number of hydrogen-bond acceptors (Lipinski definition) is 3. The molecule has 1 amide bonds. The van der Waals surface area contributed by atoms with Crippen LogP contribution in [0.25, 0.3) is 0 Å². The summed E-state index contributed by atoms with van der Waals surface area (Å²) in [5, 5.41) is 13.5.